The number of aryl methyl sites for hydroxylation is 3. The van der Waals surface area contributed by atoms with Crippen molar-refractivity contribution in [3.05, 3.63) is 76.7 Å². The molecule has 6 heteroatoms. The van der Waals surface area contributed by atoms with E-state index in [0.29, 0.717) is 12.4 Å². The number of hydrogen-bond acceptors (Lipinski definition) is 5. The molecule has 29 heavy (non-hydrogen) atoms. The second-order valence-corrected chi connectivity index (χ2v) is 7.04. The van der Waals surface area contributed by atoms with E-state index >= 15 is 0 Å². The molecular formula is C23H26N4O2. The minimum absolute atomic E-state index is 0.266. The first kappa shape index (κ1) is 20.3. The van der Waals surface area contributed by atoms with Crippen LogP contribution in [0.3, 0.4) is 0 Å². The summed E-state index contributed by atoms with van der Waals surface area (Å²) >= 11 is 0. The molecule has 1 aromatic heterocycles. The summed E-state index contributed by atoms with van der Waals surface area (Å²) in [6, 6.07) is 12.1. The Morgan fingerprint density at radius 3 is 2.28 bits per heavy atom. The van der Waals surface area contributed by atoms with E-state index in [1.54, 1.807) is 13.3 Å². The van der Waals surface area contributed by atoms with Gasteiger partial charge < -0.3 is 15.4 Å². The Labute approximate surface area is 171 Å². The molecule has 0 aliphatic carbocycles. The van der Waals surface area contributed by atoms with E-state index in [0.717, 1.165) is 29.0 Å². The van der Waals surface area contributed by atoms with Gasteiger partial charge >= 0.3 is 0 Å². The third-order valence-electron chi connectivity index (χ3n) is 4.68. The number of amides is 1. The van der Waals surface area contributed by atoms with Gasteiger partial charge in [0.25, 0.3) is 5.91 Å². The fourth-order valence-corrected chi connectivity index (χ4v) is 3.22. The summed E-state index contributed by atoms with van der Waals surface area (Å²) in [5, 5.41) is 6.17. The first-order valence-corrected chi connectivity index (χ1v) is 9.54. The molecular weight excluding hydrogens is 364 g/mol. The Hall–Kier alpha value is -3.41. The highest BCUT2D eigenvalue weighted by atomic mass is 16.5. The summed E-state index contributed by atoms with van der Waals surface area (Å²) in [7, 11) is 1.66. The molecule has 2 aromatic carbocycles. The Balaban J connectivity index is 1.56. The van der Waals surface area contributed by atoms with Crippen molar-refractivity contribution in [3.8, 4) is 5.75 Å². The molecule has 6 nitrogen and oxygen atoms in total. The van der Waals surface area contributed by atoms with Gasteiger partial charge in [0, 0.05) is 12.2 Å². The zero-order valence-electron chi connectivity index (χ0n) is 17.2. The fourth-order valence-electron chi connectivity index (χ4n) is 3.22. The van der Waals surface area contributed by atoms with E-state index < -0.39 is 0 Å². The van der Waals surface area contributed by atoms with E-state index in [1.807, 2.05) is 57.2 Å². The Morgan fingerprint density at radius 2 is 1.69 bits per heavy atom. The van der Waals surface area contributed by atoms with Crippen molar-refractivity contribution in [2.45, 2.75) is 27.2 Å². The van der Waals surface area contributed by atoms with Gasteiger partial charge in [-0.1, -0.05) is 29.8 Å². The number of carbonyl (C=O) groups is 1. The van der Waals surface area contributed by atoms with Crippen LogP contribution in [0, 0.1) is 20.8 Å². The Kier molecular flexibility index (Phi) is 6.44. The van der Waals surface area contributed by atoms with Gasteiger partial charge in [-0.3, -0.25) is 4.79 Å². The normalized spacial score (nSPS) is 10.5. The summed E-state index contributed by atoms with van der Waals surface area (Å²) < 4.78 is 5.16. The zero-order chi connectivity index (χ0) is 20.8. The van der Waals surface area contributed by atoms with Crippen molar-refractivity contribution in [3.63, 3.8) is 0 Å². The van der Waals surface area contributed by atoms with Crippen LogP contribution in [0.2, 0.25) is 0 Å². The lowest BCUT2D eigenvalue weighted by molar-refractivity contribution is 0.102. The number of ether oxygens (including phenoxy) is 1. The molecule has 3 rings (SSSR count). The van der Waals surface area contributed by atoms with Crippen molar-refractivity contribution < 1.29 is 9.53 Å². The molecule has 0 fully saturated rings. The lowest BCUT2D eigenvalue weighted by Crippen LogP contribution is -2.16. The van der Waals surface area contributed by atoms with E-state index in [1.165, 1.54) is 17.3 Å². The van der Waals surface area contributed by atoms with Gasteiger partial charge in [0.2, 0.25) is 0 Å². The first-order valence-electron chi connectivity index (χ1n) is 9.54. The number of rotatable bonds is 7. The molecule has 1 heterocycles. The largest absolute Gasteiger partial charge is 0.497 e. The number of anilines is 2. The van der Waals surface area contributed by atoms with Crippen molar-refractivity contribution in [1.82, 2.24) is 9.97 Å². The number of hydrogen-bond donors (Lipinski definition) is 2. The predicted octanol–water partition coefficient (Wildman–Crippen LogP) is 4.32. The summed E-state index contributed by atoms with van der Waals surface area (Å²) in [6.45, 7) is 6.72. The number of carbonyl (C=O) groups excluding carboxylic acids is 1. The van der Waals surface area contributed by atoms with Gasteiger partial charge in [-0.15, -0.1) is 0 Å². The van der Waals surface area contributed by atoms with Crippen LogP contribution in [-0.4, -0.2) is 29.5 Å². The maximum atomic E-state index is 12.5. The smallest absolute Gasteiger partial charge is 0.275 e. The number of aromatic nitrogens is 2. The average Bonchev–Trinajstić information content (AvgIpc) is 2.71. The molecule has 0 saturated carbocycles. The van der Waals surface area contributed by atoms with Crippen LogP contribution < -0.4 is 15.4 Å². The molecule has 0 saturated heterocycles. The van der Waals surface area contributed by atoms with Gasteiger partial charge in [0.05, 0.1) is 19.5 Å². The van der Waals surface area contributed by atoms with E-state index in [-0.39, 0.29) is 11.6 Å². The molecule has 150 valence electrons. The topological polar surface area (TPSA) is 76.1 Å². The lowest BCUT2D eigenvalue weighted by Gasteiger charge is -2.12. The lowest BCUT2D eigenvalue weighted by atomic mass is 10.1. The van der Waals surface area contributed by atoms with E-state index in [2.05, 4.69) is 20.6 Å². The van der Waals surface area contributed by atoms with Gasteiger partial charge in [-0.25, -0.2) is 9.97 Å². The molecule has 0 bridgehead atoms. The molecule has 0 aliphatic rings. The highest BCUT2D eigenvalue weighted by Gasteiger charge is 2.12. The fraction of sp³-hybridized carbons (Fsp3) is 0.261. The highest BCUT2D eigenvalue weighted by molar-refractivity contribution is 6.03. The average molecular weight is 390 g/mol. The van der Waals surface area contributed by atoms with Gasteiger partial charge in [0.1, 0.15) is 17.3 Å². The van der Waals surface area contributed by atoms with Crippen LogP contribution >= 0.6 is 0 Å². The zero-order valence-corrected chi connectivity index (χ0v) is 17.2. The number of benzene rings is 2. The summed E-state index contributed by atoms with van der Waals surface area (Å²) in [4.78, 5) is 21.1. The van der Waals surface area contributed by atoms with E-state index in [4.69, 9.17) is 4.74 Å². The summed E-state index contributed by atoms with van der Waals surface area (Å²) in [5.41, 5.74) is 5.53. The Morgan fingerprint density at radius 1 is 1.00 bits per heavy atom. The number of nitrogens with zero attached hydrogens (tertiary/aromatic N) is 2. The van der Waals surface area contributed by atoms with Crippen LogP contribution in [0.5, 0.6) is 5.75 Å². The quantitative estimate of drug-likeness (QED) is 0.628. The summed E-state index contributed by atoms with van der Waals surface area (Å²) in [5.74, 6) is 1.22. The standard InChI is InChI=1S/C23H26N4O2/c1-15-11-16(2)22(17(3)12-15)27-23(28)20-13-26-21(14-25-20)24-10-9-18-5-7-19(29-4)8-6-18/h5-8,11-14H,9-10H2,1-4H3,(H,24,26)(H,27,28). The van der Waals surface area contributed by atoms with Gasteiger partial charge in [0.15, 0.2) is 0 Å². The second-order valence-electron chi connectivity index (χ2n) is 7.04. The van der Waals surface area contributed by atoms with Crippen molar-refractivity contribution in [2.24, 2.45) is 0 Å². The third-order valence-corrected chi connectivity index (χ3v) is 4.68. The van der Waals surface area contributed by atoms with Crippen LogP contribution in [-0.2, 0) is 6.42 Å². The minimum atomic E-state index is -0.266. The molecule has 0 aliphatic heterocycles. The predicted molar refractivity (Wildman–Crippen MR) is 116 cm³/mol. The minimum Gasteiger partial charge on any atom is -0.497 e. The van der Waals surface area contributed by atoms with Gasteiger partial charge in [-0.2, -0.15) is 0 Å². The monoisotopic (exact) mass is 390 g/mol. The SMILES string of the molecule is COc1ccc(CCNc2cnc(C(=O)Nc3c(C)cc(C)cc3C)cn2)cc1. The first-order chi connectivity index (χ1) is 14.0. The molecule has 0 atom stereocenters. The second kappa shape index (κ2) is 9.19. The van der Waals surface area contributed by atoms with Crippen molar-refractivity contribution in [2.75, 3.05) is 24.3 Å². The van der Waals surface area contributed by atoms with Crippen LogP contribution in [0.1, 0.15) is 32.7 Å². The van der Waals surface area contributed by atoms with E-state index in [9.17, 15) is 4.79 Å². The molecule has 2 N–H and O–H groups in total. The summed E-state index contributed by atoms with van der Waals surface area (Å²) in [6.07, 6.45) is 3.92. The number of methoxy groups -OCH3 is 1. The van der Waals surface area contributed by atoms with Crippen molar-refractivity contribution >= 4 is 17.4 Å². The van der Waals surface area contributed by atoms with Gasteiger partial charge in [-0.05, 0) is 56.0 Å². The van der Waals surface area contributed by atoms with Crippen LogP contribution in [0.4, 0.5) is 11.5 Å². The maximum absolute atomic E-state index is 12.5. The molecule has 0 unspecified atom stereocenters. The maximum Gasteiger partial charge on any atom is 0.275 e. The molecule has 0 radical (unpaired) electrons. The van der Waals surface area contributed by atoms with Crippen LogP contribution in [0.25, 0.3) is 0 Å². The third kappa shape index (κ3) is 5.31. The Bertz CT molecular complexity index is 960. The van der Waals surface area contributed by atoms with Crippen molar-refractivity contribution in [1.29, 1.82) is 0 Å². The molecule has 1 amide bonds. The van der Waals surface area contributed by atoms with Crippen LogP contribution in [0.15, 0.2) is 48.8 Å². The molecule has 0 spiro atoms. The number of nitrogens with one attached hydrogen (secondary N) is 2. The highest BCUT2D eigenvalue weighted by Crippen LogP contribution is 2.22. The molecule has 3 aromatic rings.